The van der Waals surface area contributed by atoms with Crippen LogP contribution in [0.15, 0.2) is 121 Å². The largest absolute Gasteiger partial charge is 0.496 e. The molecule has 0 aliphatic heterocycles. The average Bonchev–Trinajstić information content (AvgIpc) is 3.23. The average molecular weight is 855 g/mol. The minimum Gasteiger partial charge on any atom is -0.496 e. The van der Waals surface area contributed by atoms with Gasteiger partial charge in [0.15, 0.2) is 0 Å². The summed E-state index contributed by atoms with van der Waals surface area (Å²) in [5.74, 6) is 3.71. The second-order valence-electron chi connectivity index (χ2n) is 16.5. The SMILES string of the molecule is COc1c(C)cc(P(c2cc(C)c(OC)c(C)c2)c2cc3ccccc3c(-c3cccc4ccccc34)c2P(c2cc(C)c(OC)c(C)c2)c2cc(C)c(OC)c(C)c2)cc1C. The number of benzene rings is 8. The van der Waals surface area contributed by atoms with Gasteiger partial charge in [0.1, 0.15) is 23.0 Å². The van der Waals surface area contributed by atoms with Gasteiger partial charge in [-0.2, -0.15) is 0 Å². The predicted molar refractivity (Wildman–Crippen MR) is 268 cm³/mol. The van der Waals surface area contributed by atoms with E-state index in [0.717, 1.165) is 67.5 Å². The Morgan fingerprint density at radius 2 is 0.677 bits per heavy atom. The zero-order chi connectivity index (χ0) is 44.0. The molecule has 0 spiro atoms. The van der Waals surface area contributed by atoms with Crippen LogP contribution in [-0.4, -0.2) is 28.4 Å². The summed E-state index contributed by atoms with van der Waals surface area (Å²) < 4.78 is 24.0. The second kappa shape index (κ2) is 17.6. The van der Waals surface area contributed by atoms with Gasteiger partial charge in [-0.3, -0.25) is 0 Å². The molecule has 314 valence electrons. The third-order valence-corrected chi connectivity index (χ3v) is 17.2. The predicted octanol–water partition coefficient (Wildman–Crippen LogP) is 11.7. The van der Waals surface area contributed by atoms with E-state index < -0.39 is 15.8 Å². The van der Waals surface area contributed by atoms with Gasteiger partial charge < -0.3 is 18.9 Å². The van der Waals surface area contributed by atoms with Crippen molar-refractivity contribution in [3.63, 3.8) is 0 Å². The summed E-state index contributed by atoms with van der Waals surface area (Å²) >= 11 is 0. The van der Waals surface area contributed by atoms with Crippen molar-refractivity contribution in [2.24, 2.45) is 0 Å². The zero-order valence-corrected chi connectivity index (χ0v) is 39.9. The molecular formula is C56H56O4P2. The molecule has 4 nitrogen and oxygen atoms in total. The summed E-state index contributed by atoms with van der Waals surface area (Å²) in [5, 5.41) is 12.7. The van der Waals surface area contributed by atoms with Crippen molar-refractivity contribution in [2.45, 2.75) is 55.4 Å². The summed E-state index contributed by atoms with van der Waals surface area (Å²) in [4.78, 5) is 0. The van der Waals surface area contributed by atoms with Gasteiger partial charge >= 0.3 is 0 Å². The molecule has 0 radical (unpaired) electrons. The minimum absolute atomic E-state index is 0.925. The topological polar surface area (TPSA) is 36.9 Å². The smallest absolute Gasteiger partial charge is 0.124 e. The molecule has 0 aromatic heterocycles. The van der Waals surface area contributed by atoms with Crippen molar-refractivity contribution in [3.05, 3.63) is 166 Å². The standard InChI is InChI=1S/C56H56O4P2/c1-33-24-43(25-34(2)52(33)57-9)61(44-26-35(3)53(58-10)36(4)27-44)50-32-42-19-14-16-22-48(42)51(49-23-17-20-41-18-13-15-21-47(41)49)56(50)62(45-28-37(5)54(59-11)38(6)29-45)46-30-39(7)55(60-12)40(8)31-46/h13-32H,1-12H3. The van der Waals surface area contributed by atoms with Crippen LogP contribution >= 0.6 is 15.8 Å². The lowest BCUT2D eigenvalue weighted by atomic mass is 9.94. The summed E-state index contributed by atoms with van der Waals surface area (Å²) in [6, 6.07) is 46.2. The van der Waals surface area contributed by atoms with E-state index in [1.54, 1.807) is 28.4 Å². The maximum Gasteiger partial charge on any atom is 0.124 e. The van der Waals surface area contributed by atoms with Crippen LogP contribution in [0.2, 0.25) is 0 Å². The highest BCUT2D eigenvalue weighted by atomic mass is 31.1. The molecule has 8 rings (SSSR count). The fourth-order valence-corrected chi connectivity index (χ4v) is 16.0. The number of ether oxygens (including phenoxy) is 4. The second-order valence-corrected chi connectivity index (χ2v) is 20.8. The molecule has 0 bridgehead atoms. The molecule has 0 N–H and O–H groups in total. The maximum absolute atomic E-state index is 6.02. The van der Waals surface area contributed by atoms with Gasteiger partial charge in [-0.1, -0.05) is 66.7 Å². The van der Waals surface area contributed by atoms with E-state index in [1.807, 2.05) is 0 Å². The van der Waals surface area contributed by atoms with E-state index in [-0.39, 0.29) is 0 Å². The molecule has 62 heavy (non-hydrogen) atoms. The molecule has 0 fully saturated rings. The van der Waals surface area contributed by atoms with Gasteiger partial charge in [-0.25, -0.2) is 0 Å². The van der Waals surface area contributed by atoms with Crippen LogP contribution in [0.4, 0.5) is 0 Å². The molecule has 8 aromatic carbocycles. The van der Waals surface area contributed by atoms with Gasteiger partial charge in [-0.15, -0.1) is 0 Å². The van der Waals surface area contributed by atoms with Crippen LogP contribution in [0.5, 0.6) is 23.0 Å². The number of methoxy groups -OCH3 is 4. The van der Waals surface area contributed by atoms with E-state index in [4.69, 9.17) is 18.9 Å². The summed E-state index contributed by atoms with van der Waals surface area (Å²) in [6.45, 7) is 17.4. The summed E-state index contributed by atoms with van der Waals surface area (Å²) in [6.07, 6.45) is 0. The van der Waals surface area contributed by atoms with Gasteiger partial charge in [0.25, 0.3) is 0 Å². The number of hydrogen-bond acceptors (Lipinski definition) is 4. The highest BCUT2D eigenvalue weighted by Gasteiger charge is 2.33. The molecule has 0 heterocycles. The molecule has 0 saturated carbocycles. The molecule has 8 aromatic rings. The normalized spacial score (nSPS) is 11.5. The van der Waals surface area contributed by atoms with Crippen LogP contribution in [0.1, 0.15) is 44.5 Å². The fourth-order valence-electron chi connectivity index (χ4n) is 9.78. The first-order chi connectivity index (χ1) is 29.9. The number of hydrogen-bond donors (Lipinski definition) is 0. The Morgan fingerprint density at radius 3 is 1.08 bits per heavy atom. The molecule has 0 unspecified atom stereocenters. The molecule has 0 saturated heterocycles. The van der Waals surface area contributed by atoms with Gasteiger partial charge in [-0.05, 0) is 230 Å². The third kappa shape index (κ3) is 7.63. The molecule has 6 heteroatoms. The number of rotatable bonds is 11. The Labute approximate surface area is 370 Å². The number of fused-ring (bicyclic) bond motifs is 2. The maximum atomic E-state index is 6.02. The quantitative estimate of drug-likeness (QED) is 0.121. The Hall–Kier alpha value is -5.66. The molecule has 0 amide bonds. The lowest BCUT2D eigenvalue weighted by Crippen LogP contribution is -2.37. The van der Waals surface area contributed by atoms with Crippen LogP contribution in [-0.2, 0) is 0 Å². The van der Waals surface area contributed by atoms with Crippen LogP contribution in [0.3, 0.4) is 0 Å². The van der Waals surface area contributed by atoms with E-state index >= 15 is 0 Å². The Bertz CT molecular complexity index is 2800. The van der Waals surface area contributed by atoms with Crippen molar-refractivity contribution in [1.82, 2.24) is 0 Å². The van der Waals surface area contributed by atoms with Crippen LogP contribution in [0.25, 0.3) is 32.7 Å². The van der Waals surface area contributed by atoms with Gasteiger partial charge in [0.05, 0.1) is 28.4 Å². The van der Waals surface area contributed by atoms with Crippen molar-refractivity contribution in [2.75, 3.05) is 28.4 Å². The van der Waals surface area contributed by atoms with Crippen molar-refractivity contribution >= 4 is 69.2 Å². The number of aryl methyl sites for hydroxylation is 8. The molecule has 0 aliphatic carbocycles. The Balaban J connectivity index is 1.65. The first-order valence-electron chi connectivity index (χ1n) is 21.1. The lowest BCUT2D eigenvalue weighted by molar-refractivity contribution is 0.408. The fraction of sp³-hybridized carbons (Fsp3) is 0.214. The van der Waals surface area contributed by atoms with Crippen molar-refractivity contribution < 1.29 is 18.9 Å². The van der Waals surface area contributed by atoms with Gasteiger partial charge in [0, 0.05) is 5.30 Å². The van der Waals surface area contributed by atoms with E-state index in [1.165, 1.54) is 64.5 Å². The zero-order valence-electron chi connectivity index (χ0n) is 38.1. The van der Waals surface area contributed by atoms with E-state index in [0.29, 0.717) is 0 Å². The lowest BCUT2D eigenvalue weighted by Gasteiger charge is -2.33. The minimum atomic E-state index is -1.25. The first kappa shape index (κ1) is 43.0. The highest BCUT2D eigenvalue weighted by molar-refractivity contribution is 7.85. The van der Waals surface area contributed by atoms with E-state index in [9.17, 15) is 0 Å². The Morgan fingerprint density at radius 1 is 0.339 bits per heavy atom. The summed E-state index contributed by atoms with van der Waals surface area (Å²) in [7, 11) is 4.66. The first-order valence-corrected chi connectivity index (χ1v) is 23.8. The Kier molecular flexibility index (Phi) is 12.2. The molecule has 0 aliphatic rings. The monoisotopic (exact) mass is 854 g/mol. The van der Waals surface area contributed by atoms with E-state index in [2.05, 4.69) is 177 Å². The third-order valence-electron chi connectivity index (χ3n) is 12.2. The molecular weight excluding hydrogens is 799 g/mol. The molecule has 0 atom stereocenters. The highest BCUT2D eigenvalue weighted by Crippen LogP contribution is 2.48. The summed E-state index contributed by atoms with van der Waals surface area (Å²) in [5.41, 5.74) is 11.5. The van der Waals surface area contributed by atoms with Crippen LogP contribution < -0.4 is 50.8 Å². The van der Waals surface area contributed by atoms with Crippen LogP contribution in [0, 0.1) is 55.4 Å². The van der Waals surface area contributed by atoms with Gasteiger partial charge in [0.2, 0.25) is 0 Å². The van der Waals surface area contributed by atoms with Crippen molar-refractivity contribution in [1.29, 1.82) is 0 Å². The van der Waals surface area contributed by atoms with Crippen molar-refractivity contribution in [3.8, 4) is 34.1 Å².